The molecule has 0 N–H and O–H groups in total. The second-order valence-corrected chi connectivity index (χ2v) is 4.06. The quantitative estimate of drug-likeness (QED) is 0.726. The van der Waals surface area contributed by atoms with Gasteiger partial charge >= 0.3 is 0 Å². The summed E-state index contributed by atoms with van der Waals surface area (Å²) >= 11 is 0. The van der Waals surface area contributed by atoms with Crippen molar-refractivity contribution >= 4 is 5.78 Å². The highest BCUT2D eigenvalue weighted by Gasteiger charge is 1.99. The van der Waals surface area contributed by atoms with E-state index in [1.807, 2.05) is 22.9 Å². The second-order valence-electron chi connectivity index (χ2n) is 4.06. The summed E-state index contributed by atoms with van der Waals surface area (Å²) in [4.78, 5) is 15.6. The monoisotopic (exact) mass is 228 g/mol. The van der Waals surface area contributed by atoms with Crippen LogP contribution in [0.4, 0.5) is 0 Å². The number of rotatable bonds is 5. The number of hydrogen-bond donors (Lipinski definition) is 0. The van der Waals surface area contributed by atoms with Crippen LogP contribution in [-0.2, 0) is 11.3 Å². The number of allylic oxidation sites excluding steroid dienone is 6. The van der Waals surface area contributed by atoms with Crippen molar-refractivity contribution in [3.05, 3.63) is 54.7 Å². The van der Waals surface area contributed by atoms with Crippen molar-refractivity contribution in [2.75, 3.05) is 0 Å². The molecule has 3 nitrogen and oxygen atoms in total. The van der Waals surface area contributed by atoms with Crippen molar-refractivity contribution in [3.8, 4) is 0 Å². The molecule has 0 unspecified atom stereocenters. The van der Waals surface area contributed by atoms with Crippen LogP contribution in [0.2, 0.25) is 0 Å². The van der Waals surface area contributed by atoms with Crippen LogP contribution in [0.3, 0.4) is 0 Å². The summed E-state index contributed by atoms with van der Waals surface area (Å²) in [6.07, 6.45) is 17.8. The van der Waals surface area contributed by atoms with E-state index < -0.39 is 0 Å². The lowest BCUT2D eigenvalue weighted by Gasteiger charge is -2.02. The van der Waals surface area contributed by atoms with E-state index >= 15 is 0 Å². The largest absolute Gasteiger partial charge is 0.337 e. The van der Waals surface area contributed by atoms with E-state index in [0.717, 1.165) is 12.8 Å². The Balaban J connectivity index is 1.79. The molecule has 0 bridgehead atoms. The van der Waals surface area contributed by atoms with Crippen LogP contribution in [0.1, 0.15) is 19.3 Å². The summed E-state index contributed by atoms with van der Waals surface area (Å²) in [6.45, 7) is 0.697. The zero-order valence-corrected chi connectivity index (χ0v) is 9.75. The van der Waals surface area contributed by atoms with Crippen molar-refractivity contribution in [1.82, 2.24) is 9.55 Å². The molecular formula is C14H16N2O. The molecule has 0 radical (unpaired) electrons. The first-order valence-corrected chi connectivity index (χ1v) is 5.87. The van der Waals surface area contributed by atoms with Gasteiger partial charge in [-0.15, -0.1) is 0 Å². The maximum atomic E-state index is 11.6. The third-order valence-electron chi connectivity index (χ3n) is 2.70. The minimum Gasteiger partial charge on any atom is -0.337 e. The highest BCUT2D eigenvalue weighted by molar-refractivity contribution is 5.90. The Labute approximate surface area is 101 Å². The standard InChI is InChI=1S/C14H16N2O/c17-14(8-10-16-11-9-15-12-16)7-6-13-4-2-1-3-5-13/h1-2,4,6-7,9,11-12H,3,5,8,10H2/b7-6+. The number of aryl methyl sites for hydroxylation is 1. The third-order valence-corrected chi connectivity index (χ3v) is 2.70. The van der Waals surface area contributed by atoms with Gasteiger partial charge < -0.3 is 4.57 Å². The molecular weight excluding hydrogens is 212 g/mol. The molecule has 17 heavy (non-hydrogen) atoms. The molecule has 0 aromatic carbocycles. The van der Waals surface area contributed by atoms with E-state index in [-0.39, 0.29) is 5.78 Å². The van der Waals surface area contributed by atoms with E-state index in [1.165, 1.54) is 5.57 Å². The van der Waals surface area contributed by atoms with E-state index in [9.17, 15) is 4.79 Å². The average molecular weight is 228 g/mol. The van der Waals surface area contributed by atoms with Crippen LogP contribution in [-0.4, -0.2) is 15.3 Å². The predicted octanol–water partition coefficient (Wildman–Crippen LogP) is 2.67. The molecule has 0 aliphatic heterocycles. The van der Waals surface area contributed by atoms with Gasteiger partial charge in [0.25, 0.3) is 0 Å². The van der Waals surface area contributed by atoms with Gasteiger partial charge in [-0.1, -0.05) is 24.3 Å². The third kappa shape index (κ3) is 3.87. The van der Waals surface area contributed by atoms with Crippen molar-refractivity contribution in [2.45, 2.75) is 25.8 Å². The maximum absolute atomic E-state index is 11.6. The highest BCUT2D eigenvalue weighted by Crippen LogP contribution is 2.12. The van der Waals surface area contributed by atoms with E-state index in [4.69, 9.17) is 0 Å². The first-order chi connectivity index (χ1) is 8.34. The van der Waals surface area contributed by atoms with Crippen LogP contribution in [0, 0.1) is 0 Å². The van der Waals surface area contributed by atoms with Gasteiger partial charge in [0.15, 0.2) is 5.78 Å². The van der Waals surface area contributed by atoms with E-state index in [0.29, 0.717) is 13.0 Å². The summed E-state index contributed by atoms with van der Waals surface area (Å²) in [6, 6.07) is 0. The van der Waals surface area contributed by atoms with Crippen LogP contribution in [0.25, 0.3) is 0 Å². The van der Waals surface area contributed by atoms with E-state index in [1.54, 1.807) is 18.6 Å². The number of carbonyl (C=O) groups excluding carboxylic acids is 1. The SMILES string of the molecule is O=C(/C=C/C1=CC=CCC1)CCn1ccnc1. The van der Waals surface area contributed by atoms with Gasteiger partial charge in [-0.05, 0) is 24.5 Å². The van der Waals surface area contributed by atoms with Crippen LogP contribution < -0.4 is 0 Å². The highest BCUT2D eigenvalue weighted by atomic mass is 16.1. The van der Waals surface area contributed by atoms with Gasteiger partial charge in [0.05, 0.1) is 6.33 Å². The second kappa shape index (κ2) is 5.99. The fourth-order valence-corrected chi connectivity index (χ4v) is 1.70. The Kier molecular flexibility index (Phi) is 4.08. The molecule has 3 heteroatoms. The molecule has 0 saturated carbocycles. The number of aromatic nitrogens is 2. The van der Waals surface area contributed by atoms with Gasteiger partial charge in [0.2, 0.25) is 0 Å². The summed E-state index contributed by atoms with van der Waals surface area (Å²) in [5.41, 5.74) is 1.23. The van der Waals surface area contributed by atoms with Crippen LogP contribution >= 0.6 is 0 Å². The molecule has 88 valence electrons. The molecule has 0 spiro atoms. The molecule has 1 aliphatic carbocycles. The molecule has 1 heterocycles. The minimum absolute atomic E-state index is 0.161. The molecule has 0 saturated heterocycles. The summed E-state index contributed by atoms with van der Waals surface area (Å²) in [5.74, 6) is 0.161. The smallest absolute Gasteiger partial charge is 0.157 e. The lowest BCUT2D eigenvalue weighted by Crippen LogP contribution is -2.01. The lowest BCUT2D eigenvalue weighted by molar-refractivity contribution is -0.114. The van der Waals surface area contributed by atoms with Crippen LogP contribution in [0.5, 0.6) is 0 Å². The van der Waals surface area contributed by atoms with Gasteiger partial charge in [-0.3, -0.25) is 4.79 Å². The van der Waals surface area contributed by atoms with Gasteiger partial charge in [0.1, 0.15) is 0 Å². The molecule has 2 rings (SSSR count). The minimum atomic E-state index is 0.161. The zero-order chi connectivity index (χ0) is 11.9. The lowest BCUT2D eigenvalue weighted by atomic mass is 10.0. The Morgan fingerprint density at radius 2 is 2.47 bits per heavy atom. The van der Waals surface area contributed by atoms with Gasteiger partial charge in [-0.25, -0.2) is 4.98 Å². The Bertz CT molecular complexity index is 453. The fraction of sp³-hybridized carbons (Fsp3) is 0.286. The number of carbonyl (C=O) groups is 1. The molecule has 1 aromatic rings. The van der Waals surface area contributed by atoms with Crippen molar-refractivity contribution in [3.63, 3.8) is 0 Å². The first-order valence-electron chi connectivity index (χ1n) is 5.87. The van der Waals surface area contributed by atoms with Gasteiger partial charge in [-0.2, -0.15) is 0 Å². The predicted molar refractivity (Wildman–Crippen MR) is 67.4 cm³/mol. The molecule has 0 fully saturated rings. The number of ketones is 1. The van der Waals surface area contributed by atoms with Crippen molar-refractivity contribution in [2.24, 2.45) is 0 Å². The fourth-order valence-electron chi connectivity index (χ4n) is 1.70. The topological polar surface area (TPSA) is 34.9 Å². The molecule has 1 aromatic heterocycles. The van der Waals surface area contributed by atoms with Gasteiger partial charge in [0, 0.05) is 25.4 Å². The number of hydrogen-bond acceptors (Lipinski definition) is 2. The van der Waals surface area contributed by atoms with Crippen LogP contribution in [0.15, 0.2) is 54.7 Å². The summed E-state index contributed by atoms with van der Waals surface area (Å²) < 4.78 is 1.91. The zero-order valence-electron chi connectivity index (χ0n) is 9.75. The van der Waals surface area contributed by atoms with Crippen molar-refractivity contribution < 1.29 is 4.79 Å². The summed E-state index contributed by atoms with van der Waals surface area (Å²) in [7, 11) is 0. The molecule has 0 amide bonds. The number of imidazole rings is 1. The summed E-state index contributed by atoms with van der Waals surface area (Å²) in [5, 5.41) is 0. The molecule has 1 aliphatic rings. The Morgan fingerprint density at radius 1 is 1.53 bits per heavy atom. The Morgan fingerprint density at radius 3 is 3.18 bits per heavy atom. The maximum Gasteiger partial charge on any atom is 0.157 e. The van der Waals surface area contributed by atoms with Crippen molar-refractivity contribution in [1.29, 1.82) is 0 Å². The first kappa shape index (κ1) is 11.6. The average Bonchev–Trinajstić information content (AvgIpc) is 2.88. The van der Waals surface area contributed by atoms with E-state index in [2.05, 4.69) is 17.1 Å². The Hall–Kier alpha value is -1.90. The molecule has 0 atom stereocenters. The number of nitrogens with zero attached hydrogens (tertiary/aromatic N) is 2. The normalized spacial score (nSPS) is 15.2.